The highest BCUT2D eigenvalue weighted by molar-refractivity contribution is 9.10. The number of aliphatic hydroxyl groups is 1. The lowest BCUT2D eigenvalue weighted by atomic mass is 10.1. The first-order valence-corrected chi connectivity index (χ1v) is 8.44. The molecule has 6 heteroatoms. The van der Waals surface area contributed by atoms with Crippen molar-refractivity contribution in [2.45, 2.75) is 22.6 Å². The Balaban J connectivity index is 2.31. The van der Waals surface area contributed by atoms with E-state index >= 15 is 0 Å². The van der Waals surface area contributed by atoms with E-state index in [-0.39, 0.29) is 17.9 Å². The van der Waals surface area contributed by atoms with Crippen LogP contribution in [0.4, 0.5) is 0 Å². The maximum atomic E-state index is 9.27. The maximum Gasteiger partial charge on any atom is 0.100 e. The SMILES string of the molecule is N#Cc1ccc(Br)cc1S[C@H](C[C@H](N)CO)c1cccnc1. The molecule has 3 N–H and O–H groups in total. The summed E-state index contributed by atoms with van der Waals surface area (Å²) in [4.78, 5) is 5.03. The highest BCUT2D eigenvalue weighted by atomic mass is 79.9. The van der Waals surface area contributed by atoms with E-state index in [0.717, 1.165) is 14.9 Å². The van der Waals surface area contributed by atoms with Gasteiger partial charge >= 0.3 is 0 Å². The summed E-state index contributed by atoms with van der Waals surface area (Å²) in [6.07, 6.45) is 4.12. The van der Waals surface area contributed by atoms with Crippen LogP contribution in [0.3, 0.4) is 0 Å². The lowest BCUT2D eigenvalue weighted by Gasteiger charge is -2.20. The van der Waals surface area contributed by atoms with Crippen LogP contribution in [0.1, 0.15) is 22.8 Å². The van der Waals surface area contributed by atoms with Crippen molar-refractivity contribution in [1.82, 2.24) is 4.98 Å². The third kappa shape index (κ3) is 4.55. The van der Waals surface area contributed by atoms with E-state index in [0.29, 0.717) is 12.0 Å². The Morgan fingerprint density at radius 1 is 1.41 bits per heavy atom. The van der Waals surface area contributed by atoms with Crippen LogP contribution in [-0.4, -0.2) is 22.7 Å². The van der Waals surface area contributed by atoms with Gasteiger partial charge in [0.2, 0.25) is 0 Å². The van der Waals surface area contributed by atoms with Crippen LogP contribution in [-0.2, 0) is 0 Å². The highest BCUT2D eigenvalue weighted by Gasteiger charge is 2.19. The number of hydrogen-bond acceptors (Lipinski definition) is 5. The molecule has 4 nitrogen and oxygen atoms in total. The van der Waals surface area contributed by atoms with Crippen LogP contribution in [0.2, 0.25) is 0 Å². The Bertz CT molecular complexity index is 660. The second-order valence-corrected chi connectivity index (χ2v) is 6.98. The molecule has 0 bridgehead atoms. The summed E-state index contributed by atoms with van der Waals surface area (Å²) in [6, 6.07) is 11.3. The van der Waals surface area contributed by atoms with Gasteiger partial charge in [0.15, 0.2) is 0 Å². The summed E-state index contributed by atoms with van der Waals surface area (Å²) in [5.74, 6) is 0. The van der Waals surface area contributed by atoms with Crippen molar-refractivity contribution in [1.29, 1.82) is 5.26 Å². The van der Waals surface area contributed by atoms with Crippen molar-refractivity contribution in [3.05, 3.63) is 58.3 Å². The first-order chi connectivity index (χ1) is 10.6. The van der Waals surface area contributed by atoms with Gasteiger partial charge in [-0.05, 0) is 36.2 Å². The summed E-state index contributed by atoms with van der Waals surface area (Å²) >= 11 is 5.00. The topological polar surface area (TPSA) is 82.9 Å². The van der Waals surface area contributed by atoms with Crippen molar-refractivity contribution in [3.63, 3.8) is 0 Å². The number of hydrogen-bond donors (Lipinski definition) is 2. The monoisotopic (exact) mass is 377 g/mol. The average molecular weight is 378 g/mol. The van der Waals surface area contributed by atoms with E-state index in [1.165, 1.54) is 0 Å². The third-order valence-electron chi connectivity index (χ3n) is 3.14. The molecule has 0 unspecified atom stereocenters. The number of aromatic nitrogens is 1. The number of benzene rings is 1. The fourth-order valence-electron chi connectivity index (χ4n) is 2.01. The Kier molecular flexibility index (Phi) is 6.40. The summed E-state index contributed by atoms with van der Waals surface area (Å²) in [5.41, 5.74) is 7.56. The zero-order valence-corrected chi connectivity index (χ0v) is 14.2. The molecule has 2 aromatic rings. The quantitative estimate of drug-likeness (QED) is 0.754. The van der Waals surface area contributed by atoms with E-state index in [4.69, 9.17) is 5.73 Å². The van der Waals surface area contributed by atoms with Crippen LogP contribution < -0.4 is 5.73 Å². The standard InChI is InChI=1S/C16H16BrN3OS/c17-13-4-3-11(8-18)15(6-13)22-16(7-14(19)10-21)12-2-1-5-20-9-12/h1-6,9,14,16,21H,7,10,19H2/t14-,16+/m0/s1. The number of nitriles is 1. The van der Waals surface area contributed by atoms with Gasteiger partial charge in [0, 0.05) is 33.1 Å². The lowest BCUT2D eigenvalue weighted by Crippen LogP contribution is -2.26. The first kappa shape index (κ1) is 17.0. The largest absolute Gasteiger partial charge is 0.395 e. The molecule has 1 aromatic carbocycles. The molecule has 0 fully saturated rings. The zero-order chi connectivity index (χ0) is 15.9. The molecule has 0 aliphatic heterocycles. The fraction of sp³-hybridized carbons (Fsp3) is 0.250. The number of aliphatic hydroxyl groups excluding tert-OH is 1. The fourth-order valence-corrected chi connectivity index (χ4v) is 3.88. The van der Waals surface area contributed by atoms with E-state index in [2.05, 4.69) is 27.0 Å². The number of thioether (sulfide) groups is 1. The predicted molar refractivity (Wildman–Crippen MR) is 91.4 cm³/mol. The number of halogens is 1. The molecule has 0 amide bonds. The van der Waals surface area contributed by atoms with E-state index < -0.39 is 0 Å². The van der Waals surface area contributed by atoms with Gasteiger partial charge in [0.1, 0.15) is 6.07 Å². The van der Waals surface area contributed by atoms with E-state index in [1.54, 1.807) is 30.2 Å². The van der Waals surface area contributed by atoms with Gasteiger partial charge in [-0.25, -0.2) is 0 Å². The molecule has 2 atom stereocenters. The minimum Gasteiger partial charge on any atom is -0.395 e. The van der Waals surface area contributed by atoms with E-state index in [9.17, 15) is 10.4 Å². The number of nitrogens with two attached hydrogens (primary N) is 1. The number of pyridine rings is 1. The van der Waals surface area contributed by atoms with Crippen LogP contribution in [0, 0.1) is 11.3 Å². The zero-order valence-electron chi connectivity index (χ0n) is 11.8. The lowest BCUT2D eigenvalue weighted by molar-refractivity contribution is 0.259. The molecule has 22 heavy (non-hydrogen) atoms. The maximum absolute atomic E-state index is 9.27. The van der Waals surface area contributed by atoms with Crippen LogP contribution in [0.15, 0.2) is 52.1 Å². The molecule has 114 valence electrons. The number of rotatable bonds is 6. The average Bonchev–Trinajstić information content (AvgIpc) is 2.55. The Morgan fingerprint density at radius 2 is 2.23 bits per heavy atom. The molecule has 0 aliphatic rings. The minimum atomic E-state index is -0.310. The summed E-state index contributed by atoms with van der Waals surface area (Å²) in [7, 11) is 0. The van der Waals surface area contributed by atoms with Gasteiger partial charge in [-0.1, -0.05) is 22.0 Å². The van der Waals surface area contributed by atoms with Gasteiger partial charge in [-0.2, -0.15) is 5.26 Å². The van der Waals surface area contributed by atoms with Gasteiger partial charge in [0.25, 0.3) is 0 Å². The van der Waals surface area contributed by atoms with Crippen LogP contribution in [0.5, 0.6) is 0 Å². The van der Waals surface area contributed by atoms with Crippen molar-refractivity contribution < 1.29 is 5.11 Å². The van der Waals surface area contributed by atoms with Gasteiger partial charge in [-0.3, -0.25) is 4.98 Å². The summed E-state index contributed by atoms with van der Waals surface area (Å²) < 4.78 is 0.922. The summed E-state index contributed by atoms with van der Waals surface area (Å²) in [6.45, 7) is -0.0685. The van der Waals surface area contributed by atoms with Crippen molar-refractivity contribution in [2.24, 2.45) is 5.73 Å². The smallest absolute Gasteiger partial charge is 0.100 e. The molecular formula is C16H16BrN3OS. The normalized spacial score (nSPS) is 13.4. The molecule has 0 saturated carbocycles. The van der Waals surface area contributed by atoms with Crippen molar-refractivity contribution >= 4 is 27.7 Å². The van der Waals surface area contributed by atoms with Crippen LogP contribution >= 0.6 is 27.7 Å². The molecule has 1 aromatic heterocycles. The molecular weight excluding hydrogens is 362 g/mol. The van der Waals surface area contributed by atoms with Gasteiger partial charge in [0.05, 0.1) is 12.2 Å². The predicted octanol–water partition coefficient (Wildman–Crippen LogP) is 3.26. The molecule has 1 heterocycles. The summed E-state index contributed by atoms with van der Waals surface area (Å²) in [5, 5.41) is 18.5. The molecule has 0 spiro atoms. The molecule has 0 saturated heterocycles. The second-order valence-electron chi connectivity index (χ2n) is 4.82. The van der Waals surface area contributed by atoms with E-state index in [1.807, 2.05) is 24.3 Å². The highest BCUT2D eigenvalue weighted by Crippen LogP contribution is 2.40. The Labute approximate surface area is 142 Å². The van der Waals surface area contributed by atoms with Gasteiger partial charge in [-0.15, -0.1) is 11.8 Å². The Hall–Kier alpha value is -1.39. The second kappa shape index (κ2) is 8.30. The Morgan fingerprint density at radius 3 is 2.86 bits per heavy atom. The molecule has 2 rings (SSSR count). The third-order valence-corrected chi connectivity index (χ3v) is 4.97. The van der Waals surface area contributed by atoms with Crippen molar-refractivity contribution in [3.8, 4) is 6.07 Å². The molecule has 0 aliphatic carbocycles. The first-order valence-electron chi connectivity index (χ1n) is 6.76. The number of nitrogens with zero attached hydrogens (tertiary/aromatic N) is 2. The van der Waals surface area contributed by atoms with Crippen molar-refractivity contribution in [2.75, 3.05) is 6.61 Å². The molecule has 0 radical (unpaired) electrons. The minimum absolute atomic E-state index is 0.0252. The van der Waals surface area contributed by atoms with Crippen LogP contribution in [0.25, 0.3) is 0 Å². The van der Waals surface area contributed by atoms with Gasteiger partial charge < -0.3 is 10.8 Å².